The van der Waals surface area contributed by atoms with E-state index in [0.717, 1.165) is 13.0 Å². The summed E-state index contributed by atoms with van der Waals surface area (Å²) in [4.78, 5) is 2.18. The second-order valence-electron chi connectivity index (χ2n) is 3.37. The van der Waals surface area contributed by atoms with Crippen LogP contribution in [0.3, 0.4) is 0 Å². The lowest BCUT2D eigenvalue weighted by atomic mass is 10.2. The first-order chi connectivity index (χ1) is 5.15. The molecular formula is C9H14N2. The third kappa shape index (κ3) is 1.61. The minimum absolute atomic E-state index is 0.0718. The van der Waals surface area contributed by atoms with E-state index in [-0.39, 0.29) is 6.04 Å². The number of likely N-dealkylation sites (tertiary alicyclic amines) is 1. The van der Waals surface area contributed by atoms with Gasteiger partial charge in [0.1, 0.15) is 6.04 Å². The van der Waals surface area contributed by atoms with Crippen molar-refractivity contribution in [1.82, 2.24) is 4.90 Å². The summed E-state index contributed by atoms with van der Waals surface area (Å²) < 4.78 is 0. The molecule has 1 rings (SSSR count). The predicted molar refractivity (Wildman–Crippen MR) is 45.0 cm³/mol. The van der Waals surface area contributed by atoms with Gasteiger partial charge in [0.25, 0.3) is 0 Å². The molecule has 2 nitrogen and oxygen atoms in total. The lowest BCUT2D eigenvalue weighted by Gasteiger charge is -2.22. The fourth-order valence-electron chi connectivity index (χ4n) is 1.49. The molecular weight excluding hydrogens is 136 g/mol. The van der Waals surface area contributed by atoms with Gasteiger partial charge in [0.15, 0.2) is 0 Å². The summed E-state index contributed by atoms with van der Waals surface area (Å²) in [6, 6.07) is 2.82. The van der Waals surface area contributed by atoms with Crippen LogP contribution in [0.2, 0.25) is 0 Å². The highest BCUT2D eigenvalue weighted by Crippen LogP contribution is 2.22. The molecule has 1 aliphatic heterocycles. The van der Waals surface area contributed by atoms with Crippen molar-refractivity contribution in [2.24, 2.45) is 0 Å². The van der Waals surface area contributed by atoms with Gasteiger partial charge in [-0.05, 0) is 20.3 Å². The predicted octanol–water partition coefficient (Wildman–Crippen LogP) is 1.55. The quantitative estimate of drug-likeness (QED) is 0.530. The normalized spacial score (nSPS) is 26.0. The van der Waals surface area contributed by atoms with Crippen molar-refractivity contribution in [3.05, 3.63) is 12.2 Å². The van der Waals surface area contributed by atoms with Crippen LogP contribution in [0.4, 0.5) is 0 Å². The van der Waals surface area contributed by atoms with Crippen molar-refractivity contribution in [2.75, 3.05) is 6.54 Å². The zero-order valence-electron chi connectivity index (χ0n) is 7.17. The Kier molecular flexibility index (Phi) is 2.31. The minimum Gasteiger partial charge on any atom is -0.281 e. The van der Waals surface area contributed by atoms with Crippen LogP contribution >= 0.6 is 0 Å². The fourth-order valence-corrected chi connectivity index (χ4v) is 1.49. The molecule has 2 heteroatoms. The van der Waals surface area contributed by atoms with Gasteiger partial charge in [-0.3, -0.25) is 4.90 Å². The van der Waals surface area contributed by atoms with Gasteiger partial charge in [-0.1, -0.05) is 12.2 Å². The van der Waals surface area contributed by atoms with Crippen LogP contribution < -0.4 is 0 Å². The largest absolute Gasteiger partial charge is 0.281 e. The molecule has 0 spiro atoms. The number of nitriles is 1. The Hall–Kier alpha value is -0.810. The summed E-state index contributed by atoms with van der Waals surface area (Å²) >= 11 is 0. The second-order valence-corrected chi connectivity index (χ2v) is 3.37. The van der Waals surface area contributed by atoms with E-state index in [1.54, 1.807) is 0 Å². The van der Waals surface area contributed by atoms with E-state index < -0.39 is 0 Å². The maximum atomic E-state index is 8.77. The standard InChI is InChI=1S/C9H14N2/c1-7(2)11-6-8(3)4-9(11)5-10/h7,9H,3-4,6H2,1-2H3/t9-/m0/s1. The van der Waals surface area contributed by atoms with Crippen LogP contribution in [0.5, 0.6) is 0 Å². The fraction of sp³-hybridized carbons (Fsp3) is 0.667. The zero-order valence-corrected chi connectivity index (χ0v) is 7.17. The number of hydrogen-bond donors (Lipinski definition) is 0. The molecule has 1 aliphatic rings. The SMILES string of the molecule is C=C1C[C@@H](C#N)N(C(C)C)C1. The summed E-state index contributed by atoms with van der Waals surface area (Å²) in [6.07, 6.45) is 0.856. The average molecular weight is 150 g/mol. The molecule has 0 aromatic heterocycles. The summed E-state index contributed by atoms with van der Waals surface area (Å²) in [5.41, 5.74) is 1.19. The number of rotatable bonds is 1. The van der Waals surface area contributed by atoms with Crippen molar-refractivity contribution in [2.45, 2.75) is 32.4 Å². The molecule has 0 radical (unpaired) electrons. The molecule has 0 aromatic carbocycles. The molecule has 0 aromatic rings. The van der Waals surface area contributed by atoms with Gasteiger partial charge < -0.3 is 0 Å². The van der Waals surface area contributed by atoms with Crippen LogP contribution in [0.15, 0.2) is 12.2 Å². The highest BCUT2D eigenvalue weighted by atomic mass is 15.2. The van der Waals surface area contributed by atoms with Crippen molar-refractivity contribution in [3.63, 3.8) is 0 Å². The van der Waals surface area contributed by atoms with Crippen molar-refractivity contribution >= 4 is 0 Å². The number of hydrogen-bond acceptors (Lipinski definition) is 2. The third-order valence-electron chi connectivity index (χ3n) is 2.10. The van der Waals surface area contributed by atoms with E-state index >= 15 is 0 Å². The second kappa shape index (κ2) is 3.06. The maximum absolute atomic E-state index is 8.77. The van der Waals surface area contributed by atoms with Crippen LogP contribution in [0.1, 0.15) is 20.3 Å². The summed E-state index contributed by atoms with van der Waals surface area (Å²) in [6.45, 7) is 9.02. The molecule has 1 heterocycles. The molecule has 0 aliphatic carbocycles. The van der Waals surface area contributed by atoms with E-state index in [2.05, 4.69) is 31.4 Å². The Morgan fingerprint density at radius 1 is 1.73 bits per heavy atom. The molecule has 1 saturated heterocycles. The Bertz CT molecular complexity index is 200. The van der Waals surface area contributed by atoms with E-state index in [4.69, 9.17) is 5.26 Å². The lowest BCUT2D eigenvalue weighted by Crippen LogP contribution is -2.34. The summed E-state index contributed by atoms with van der Waals surface area (Å²) in [5.74, 6) is 0. The van der Waals surface area contributed by atoms with Gasteiger partial charge in [-0.2, -0.15) is 5.26 Å². The molecule has 1 atom stereocenters. The molecule has 0 bridgehead atoms. The Balaban J connectivity index is 2.66. The van der Waals surface area contributed by atoms with E-state index in [1.165, 1.54) is 5.57 Å². The lowest BCUT2D eigenvalue weighted by molar-refractivity contribution is 0.241. The van der Waals surface area contributed by atoms with Crippen LogP contribution in [0.25, 0.3) is 0 Å². The van der Waals surface area contributed by atoms with E-state index in [9.17, 15) is 0 Å². The van der Waals surface area contributed by atoms with Crippen LogP contribution in [0, 0.1) is 11.3 Å². The van der Waals surface area contributed by atoms with Crippen molar-refractivity contribution in [3.8, 4) is 6.07 Å². The maximum Gasteiger partial charge on any atom is 0.102 e. The summed E-state index contributed by atoms with van der Waals surface area (Å²) in [5, 5.41) is 8.77. The van der Waals surface area contributed by atoms with Crippen molar-refractivity contribution in [1.29, 1.82) is 5.26 Å². The molecule has 1 fully saturated rings. The Morgan fingerprint density at radius 3 is 2.73 bits per heavy atom. The molecule has 60 valence electrons. The third-order valence-corrected chi connectivity index (χ3v) is 2.10. The van der Waals surface area contributed by atoms with Crippen LogP contribution in [-0.4, -0.2) is 23.5 Å². The first-order valence-electron chi connectivity index (χ1n) is 3.97. The smallest absolute Gasteiger partial charge is 0.102 e. The highest BCUT2D eigenvalue weighted by Gasteiger charge is 2.28. The monoisotopic (exact) mass is 150 g/mol. The molecule has 0 N–H and O–H groups in total. The van der Waals surface area contributed by atoms with E-state index in [0.29, 0.717) is 6.04 Å². The zero-order chi connectivity index (χ0) is 8.43. The topological polar surface area (TPSA) is 27.0 Å². The minimum atomic E-state index is 0.0718. The first-order valence-corrected chi connectivity index (χ1v) is 3.97. The van der Waals surface area contributed by atoms with Gasteiger partial charge in [-0.15, -0.1) is 0 Å². The number of nitrogens with zero attached hydrogens (tertiary/aromatic N) is 2. The Morgan fingerprint density at radius 2 is 2.36 bits per heavy atom. The molecule has 0 unspecified atom stereocenters. The first kappa shape index (κ1) is 8.29. The molecule has 0 saturated carbocycles. The Labute approximate surface area is 68.1 Å². The molecule has 11 heavy (non-hydrogen) atoms. The van der Waals surface area contributed by atoms with Gasteiger partial charge in [-0.25, -0.2) is 0 Å². The van der Waals surface area contributed by atoms with Crippen molar-refractivity contribution < 1.29 is 0 Å². The van der Waals surface area contributed by atoms with Gasteiger partial charge in [0, 0.05) is 12.6 Å². The highest BCUT2D eigenvalue weighted by molar-refractivity contribution is 5.14. The van der Waals surface area contributed by atoms with Gasteiger partial charge >= 0.3 is 0 Å². The van der Waals surface area contributed by atoms with Gasteiger partial charge in [0.2, 0.25) is 0 Å². The van der Waals surface area contributed by atoms with E-state index in [1.807, 2.05) is 0 Å². The van der Waals surface area contributed by atoms with Gasteiger partial charge in [0.05, 0.1) is 6.07 Å². The van der Waals surface area contributed by atoms with Crippen LogP contribution in [-0.2, 0) is 0 Å². The average Bonchev–Trinajstić information content (AvgIpc) is 2.30. The molecule has 0 amide bonds. The summed E-state index contributed by atoms with van der Waals surface area (Å²) in [7, 11) is 0.